The highest BCUT2D eigenvalue weighted by molar-refractivity contribution is 8.17. The van der Waals surface area contributed by atoms with Crippen molar-refractivity contribution in [1.82, 2.24) is 5.32 Å². The summed E-state index contributed by atoms with van der Waals surface area (Å²) in [6, 6.07) is 8.85. The lowest BCUT2D eigenvalue weighted by atomic mass is 10.1. The van der Waals surface area contributed by atoms with Gasteiger partial charge >= 0.3 is 0 Å². The lowest BCUT2D eigenvalue weighted by Crippen LogP contribution is -2.33. The molecule has 0 radical (unpaired) electrons. The van der Waals surface area contributed by atoms with Crippen LogP contribution in [-0.4, -0.2) is 11.0 Å². The van der Waals surface area contributed by atoms with Gasteiger partial charge in [-0.15, -0.1) is 0 Å². The summed E-state index contributed by atoms with van der Waals surface area (Å²) in [6.45, 7) is 1.36. The Labute approximate surface area is 108 Å². The first kappa shape index (κ1) is 12.2. The molecule has 1 aromatic rings. The number of nitrogens with one attached hydrogen (secondary N) is 2. The van der Waals surface area contributed by atoms with Gasteiger partial charge in [-0.1, -0.05) is 12.1 Å². The zero-order valence-electron chi connectivity index (χ0n) is 9.48. The molecular weight excluding hydrogens is 250 g/mol. The second-order valence-electron chi connectivity index (χ2n) is 3.53. The van der Waals surface area contributed by atoms with Crippen LogP contribution in [0.5, 0.6) is 0 Å². The van der Waals surface area contributed by atoms with Gasteiger partial charge in [0.25, 0.3) is 5.91 Å². The van der Waals surface area contributed by atoms with Crippen molar-refractivity contribution in [2.45, 2.75) is 6.92 Å². The van der Waals surface area contributed by atoms with Crippen molar-refractivity contribution >= 4 is 28.5 Å². The molecular formula is C12H9N3O2S. The largest absolute Gasteiger partial charge is 0.340 e. The van der Waals surface area contributed by atoms with E-state index in [0.29, 0.717) is 11.3 Å². The van der Waals surface area contributed by atoms with E-state index in [1.54, 1.807) is 24.3 Å². The highest BCUT2D eigenvalue weighted by atomic mass is 32.2. The predicted molar refractivity (Wildman–Crippen MR) is 68.4 cm³/mol. The SMILES string of the molecule is CC(=O)S/C(C#N)=C1\NC(=O)c2ccccc2N1. The number of fused-ring (bicyclic) bond motifs is 1. The lowest BCUT2D eigenvalue weighted by Gasteiger charge is -2.21. The van der Waals surface area contributed by atoms with Crippen LogP contribution in [0.3, 0.4) is 0 Å². The molecule has 0 saturated carbocycles. The molecule has 0 fully saturated rings. The van der Waals surface area contributed by atoms with Gasteiger partial charge in [-0.3, -0.25) is 9.59 Å². The molecule has 0 saturated heterocycles. The summed E-state index contributed by atoms with van der Waals surface area (Å²) in [5.41, 5.74) is 1.12. The molecule has 0 aliphatic carbocycles. The van der Waals surface area contributed by atoms with Crippen LogP contribution in [0.1, 0.15) is 17.3 Å². The smallest absolute Gasteiger partial charge is 0.258 e. The third-order valence-corrected chi connectivity index (χ3v) is 3.03. The van der Waals surface area contributed by atoms with E-state index in [1.807, 2.05) is 6.07 Å². The third-order valence-electron chi connectivity index (χ3n) is 2.24. The zero-order chi connectivity index (χ0) is 13.1. The number of allylic oxidation sites excluding steroid dienone is 1. The molecule has 0 spiro atoms. The first-order valence-corrected chi connectivity index (χ1v) is 5.93. The van der Waals surface area contributed by atoms with Crippen LogP contribution in [0, 0.1) is 11.3 Å². The van der Waals surface area contributed by atoms with Crippen molar-refractivity contribution in [3.63, 3.8) is 0 Å². The van der Waals surface area contributed by atoms with Crippen LogP contribution in [0.2, 0.25) is 0 Å². The van der Waals surface area contributed by atoms with Gasteiger partial charge in [-0.05, 0) is 23.9 Å². The van der Waals surface area contributed by atoms with E-state index < -0.39 is 0 Å². The Kier molecular flexibility index (Phi) is 3.35. The van der Waals surface area contributed by atoms with Crippen molar-refractivity contribution < 1.29 is 9.59 Å². The molecule has 1 aliphatic rings. The van der Waals surface area contributed by atoms with Gasteiger partial charge in [0.15, 0.2) is 5.12 Å². The second-order valence-corrected chi connectivity index (χ2v) is 4.72. The van der Waals surface area contributed by atoms with Crippen molar-refractivity contribution in [2.75, 3.05) is 5.32 Å². The summed E-state index contributed by atoms with van der Waals surface area (Å²) in [6.07, 6.45) is 0. The average molecular weight is 259 g/mol. The maximum absolute atomic E-state index is 11.8. The maximum Gasteiger partial charge on any atom is 0.258 e. The van der Waals surface area contributed by atoms with E-state index in [2.05, 4.69) is 10.6 Å². The number of rotatable bonds is 1. The van der Waals surface area contributed by atoms with Crippen molar-refractivity contribution in [3.8, 4) is 6.07 Å². The lowest BCUT2D eigenvalue weighted by molar-refractivity contribution is -0.109. The number of hydrogen-bond donors (Lipinski definition) is 2. The quantitative estimate of drug-likeness (QED) is 0.752. The fourth-order valence-electron chi connectivity index (χ4n) is 1.52. The van der Waals surface area contributed by atoms with Gasteiger partial charge < -0.3 is 10.6 Å². The first-order chi connectivity index (χ1) is 8.61. The minimum absolute atomic E-state index is 0.144. The van der Waals surface area contributed by atoms with Gasteiger partial charge in [0.2, 0.25) is 0 Å². The van der Waals surface area contributed by atoms with Crippen LogP contribution >= 0.6 is 11.8 Å². The molecule has 0 aromatic heterocycles. The number of thioether (sulfide) groups is 1. The molecule has 1 amide bonds. The topological polar surface area (TPSA) is 82.0 Å². The Morgan fingerprint density at radius 3 is 2.72 bits per heavy atom. The van der Waals surface area contributed by atoms with Gasteiger partial charge in [0.1, 0.15) is 16.8 Å². The van der Waals surface area contributed by atoms with Gasteiger partial charge in [0, 0.05) is 6.92 Å². The Hall–Kier alpha value is -2.26. The average Bonchev–Trinajstić information content (AvgIpc) is 2.35. The number of carbonyl (C=O) groups excluding carboxylic acids is 2. The Morgan fingerprint density at radius 1 is 1.33 bits per heavy atom. The number of benzene rings is 1. The molecule has 1 aromatic carbocycles. The summed E-state index contributed by atoms with van der Waals surface area (Å²) in [4.78, 5) is 23.0. The number of carbonyl (C=O) groups is 2. The van der Waals surface area contributed by atoms with Crippen LogP contribution in [0.4, 0.5) is 5.69 Å². The van der Waals surface area contributed by atoms with E-state index in [9.17, 15) is 9.59 Å². The second kappa shape index (κ2) is 4.94. The maximum atomic E-state index is 11.8. The number of para-hydroxylation sites is 1. The summed E-state index contributed by atoms with van der Waals surface area (Å²) in [7, 11) is 0. The molecule has 18 heavy (non-hydrogen) atoms. The monoisotopic (exact) mass is 259 g/mol. The van der Waals surface area contributed by atoms with E-state index in [1.165, 1.54) is 6.92 Å². The zero-order valence-corrected chi connectivity index (χ0v) is 10.3. The summed E-state index contributed by atoms with van der Waals surface area (Å²) < 4.78 is 0. The summed E-state index contributed by atoms with van der Waals surface area (Å²) in [5, 5.41) is 14.3. The van der Waals surface area contributed by atoms with E-state index in [-0.39, 0.29) is 21.7 Å². The van der Waals surface area contributed by atoms with Crippen LogP contribution in [0.15, 0.2) is 35.0 Å². The van der Waals surface area contributed by atoms with Gasteiger partial charge in [-0.2, -0.15) is 5.26 Å². The number of nitriles is 1. The van der Waals surface area contributed by atoms with E-state index in [0.717, 1.165) is 11.8 Å². The van der Waals surface area contributed by atoms with E-state index >= 15 is 0 Å². The fourth-order valence-corrected chi connectivity index (χ4v) is 2.06. The molecule has 90 valence electrons. The molecule has 1 aliphatic heterocycles. The molecule has 6 heteroatoms. The van der Waals surface area contributed by atoms with Crippen LogP contribution < -0.4 is 10.6 Å². The van der Waals surface area contributed by atoms with Crippen LogP contribution in [0.25, 0.3) is 0 Å². The first-order valence-electron chi connectivity index (χ1n) is 5.12. The Bertz CT molecular complexity index is 602. The highest BCUT2D eigenvalue weighted by Crippen LogP contribution is 2.26. The third kappa shape index (κ3) is 2.36. The number of anilines is 1. The van der Waals surface area contributed by atoms with E-state index in [4.69, 9.17) is 5.26 Å². The summed E-state index contributed by atoms with van der Waals surface area (Å²) in [5.74, 6) is -0.0438. The molecule has 5 nitrogen and oxygen atoms in total. The molecule has 2 N–H and O–H groups in total. The normalized spacial score (nSPS) is 15.9. The number of nitrogens with zero attached hydrogens (tertiary/aromatic N) is 1. The minimum Gasteiger partial charge on any atom is -0.340 e. The molecule has 2 rings (SSSR count). The molecule has 1 heterocycles. The summed E-state index contributed by atoms with van der Waals surface area (Å²) >= 11 is 0.785. The molecule has 0 bridgehead atoms. The number of amides is 1. The van der Waals surface area contributed by atoms with Gasteiger partial charge in [0.05, 0.1) is 11.3 Å². The number of hydrogen-bond acceptors (Lipinski definition) is 5. The standard InChI is InChI=1S/C12H9N3O2S/c1-7(16)18-10(6-13)11-14-9-5-3-2-4-8(9)12(17)15-11/h2-5,14H,1H3,(H,15,17)/b11-10-. The van der Waals surface area contributed by atoms with Crippen LogP contribution in [-0.2, 0) is 4.79 Å². The van der Waals surface area contributed by atoms with Crippen molar-refractivity contribution in [2.24, 2.45) is 0 Å². The molecule has 0 atom stereocenters. The Balaban J connectivity index is 2.41. The highest BCUT2D eigenvalue weighted by Gasteiger charge is 2.22. The Morgan fingerprint density at radius 2 is 2.06 bits per heavy atom. The predicted octanol–water partition coefficient (Wildman–Crippen LogP) is 1.81. The van der Waals surface area contributed by atoms with Crippen molar-refractivity contribution in [3.05, 3.63) is 40.6 Å². The van der Waals surface area contributed by atoms with Crippen molar-refractivity contribution in [1.29, 1.82) is 5.26 Å². The molecule has 0 unspecified atom stereocenters. The minimum atomic E-state index is -0.295. The van der Waals surface area contributed by atoms with Gasteiger partial charge in [-0.25, -0.2) is 0 Å². The fraction of sp³-hybridized carbons (Fsp3) is 0.0833.